The van der Waals surface area contributed by atoms with Crippen molar-refractivity contribution in [2.45, 2.75) is 33.4 Å². The summed E-state index contributed by atoms with van der Waals surface area (Å²) in [6.45, 7) is 7.08. The van der Waals surface area contributed by atoms with Gasteiger partial charge in [-0.15, -0.1) is 0 Å². The van der Waals surface area contributed by atoms with Gasteiger partial charge in [-0.05, 0) is 38.0 Å². The Morgan fingerprint density at radius 1 is 1.36 bits per heavy atom. The largest absolute Gasteiger partial charge is 0.372 e. The molecule has 1 rings (SSSR count). The molecule has 78 valence electrons. The van der Waals surface area contributed by atoms with Gasteiger partial charge in [-0.3, -0.25) is 0 Å². The number of hydrogen-bond acceptors (Lipinski definition) is 2. The zero-order chi connectivity index (χ0) is 10.7. The predicted molar refractivity (Wildman–Crippen MR) is 62.6 cm³/mol. The highest BCUT2D eigenvalue weighted by Crippen LogP contribution is 2.22. The van der Waals surface area contributed by atoms with E-state index in [9.17, 15) is 0 Å². The average molecular weight is 192 g/mol. The maximum absolute atomic E-state index is 5.71. The summed E-state index contributed by atoms with van der Waals surface area (Å²) in [6, 6.07) is 6.92. The fourth-order valence-corrected chi connectivity index (χ4v) is 1.45. The molecule has 0 fully saturated rings. The number of rotatable bonds is 3. The molecule has 1 aromatic carbocycles. The topological polar surface area (TPSA) is 29.3 Å². The van der Waals surface area contributed by atoms with Crippen molar-refractivity contribution in [1.82, 2.24) is 0 Å². The Kier molecular flexibility index (Phi) is 3.53. The standard InChI is InChI=1S/C12H20N2/c1-9(2)14(4)12-7-10(3)5-6-11(12)8-13/h5-7,9H,8,13H2,1-4H3. The maximum Gasteiger partial charge on any atom is 0.0414 e. The van der Waals surface area contributed by atoms with Crippen LogP contribution in [0.4, 0.5) is 5.69 Å². The molecule has 0 aliphatic carbocycles. The molecule has 0 radical (unpaired) electrons. The van der Waals surface area contributed by atoms with Crippen LogP contribution >= 0.6 is 0 Å². The van der Waals surface area contributed by atoms with Crippen molar-refractivity contribution >= 4 is 5.69 Å². The van der Waals surface area contributed by atoms with E-state index in [1.165, 1.54) is 16.8 Å². The van der Waals surface area contributed by atoms with Crippen molar-refractivity contribution in [3.8, 4) is 0 Å². The van der Waals surface area contributed by atoms with Crippen LogP contribution in [0.1, 0.15) is 25.0 Å². The van der Waals surface area contributed by atoms with Gasteiger partial charge < -0.3 is 10.6 Å². The number of aryl methyl sites for hydroxylation is 1. The van der Waals surface area contributed by atoms with Crippen LogP contribution in [-0.2, 0) is 6.54 Å². The minimum absolute atomic E-state index is 0.502. The van der Waals surface area contributed by atoms with Gasteiger partial charge in [0.2, 0.25) is 0 Å². The first-order valence-corrected chi connectivity index (χ1v) is 5.08. The maximum atomic E-state index is 5.71. The van der Waals surface area contributed by atoms with Crippen LogP contribution in [0, 0.1) is 6.92 Å². The molecule has 0 aliphatic heterocycles. The summed E-state index contributed by atoms with van der Waals surface area (Å²) >= 11 is 0. The van der Waals surface area contributed by atoms with E-state index in [1.807, 2.05) is 0 Å². The van der Waals surface area contributed by atoms with E-state index in [-0.39, 0.29) is 0 Å². The zero-order valence-corrected chi connectivity index (χ0v) is 9.54. The highest BCUT2D eigenvalue weighted by molar-refractivity contribution is 5.55. The number of benzene rings is 1. The Morgan fingerprint density at radius 3 is 2.50 bits per heavy atom. The second-order valence-corrected chi connectivity index (χ2v) is 4.04. The van der Waals surface area contributed by atoms with E-state index < -0.39 is 0 Å². The van der Waals surface area contributed by atoms with Gasteiger partial charge in [-0.25, -0.2) is 0 Å². The second-order valence-electron chi connectivity index (χ2n) is 4.04. The fraction of sp³-hybridized carbons (Fsp3) is 0.500. The summed E-state index contributed by atoms with van der Waals surface area (Å²) in [5.41, 5.74) is 9.46. The molecule has 1 aromatic rings. The first kappa shape index (κ1) is 11.1. The molecule has 14 heavy (non-hydrogen) atoms. The number of nitrogens with zero attached hydrogens (tertiary/aromatic N) is 1. The van der Waals surface area contributed by atoms with Gasteiger partial charge in [0, 0.05) is 25.3 Å². The third-order valence-electron chi connectivity index (χ3n) is 2.62. The summed E-state index contributed by atoms with van der Waals surface area (Å²) in [5.74, 6) is 0. The molecule has 0 saturated heterocycles. The molecule has 0 saturated carbocycles. The summed E-state index contributed by atoms with van der Waals surface area (Å²) in [5, 5.41) is 0. The first-order chi connectivity index (χ1) is 6.56. The molecule has 2 N–H and O–H groups in total. The lowest BCUT2D eigenvalue weighted by molar-refractivity contribution is 0.749. The van der Waals surface area contributed by atoms with E-state index in [2.05, 4.69) is 50.9 Å². The molecular formula is C12H20N2. The summed E-state index contributed by atoms with van der Waals surface area (Å²) in [6.07, 6.45) is 0. The van der Waals surface area contributed by atoms with Crippen LogP contribution in [0.15, 0.2) is 18.2 Å². The zero-order valence-electron chi connectivity index (χ0n) is 9.54. The normalized spacial score (nSPS) is 10.7. The lowest BCUT2D eigenvalue weighted by atomic mass is 10.1. The van der Waals surface area contributed by atoms with E-state index in [1.54, 1.807) is 0 Å². The van der Waals surface area contributed by atoms with Gasteiger partial charge in [-0.1, -0.05) is 12.1 Å². The Hall–Kier alpha value is -1.02. The fourth-order valence-electron chi connectivity index (χ4n) is 1.45. The van der Waals surface area contributed by atoms with E-state index >= 15 is 0 Å². The van der Waals surface area contributed by atoms with Crippen LogP contribution < -0.4 is 10.6 Å². The van der Waals surface area contributed by atoms with Gasteiger partial charge in [0.1, 0.15) is 0 Å². The highest BCUT2D eigenvalue weighted by Gasteiger charge is 2.09. The number of nitrogens with two attached hydrogens (primary N) is 1. The SMILES string of the molecule is Cc1ccc(CN)c(N(C)C(C)C)c1. The Morgan fingerprint density at radius 2 is 2.00 bits per heavy atom. The summed E-state index contributed by atoms with van der Waals surface area (Å²) < 4.78 is 0. The lowest BCUT2D eigenvalue weighted by Crippen LogP contribution is -2.27. The van der Waals surface area contributed by atoms with Crippen molar-refractivity contribution in [3.05, 3.63) is 29.3 Å². The minimum atomic E-state index is 0.502. The third-order valence-corrected chi connectivity index (χ3v) is 2.62. The second kappa shape index (κ2) is 4.47. The monoisotopic (exact) mass is 192 g/mol. The Bertz CT molecular complexity index is 305. The summed E-state index contributed by atoms with van der Waals surface area (Å²) in [7, 11) is 2.11. The highest BCUT2D eigenvalue weighted by atomic mass is 15.1. The summed E-state index contributed by atoms with van der Waals surface area (Å²) in [4.78, 5) is 2.26. The molecule has 0 spiro atoms. The van der Waals surface area contributed by atoms with Gasteiger partial charge in [-0.2, -0.15) is 0 Å². The van der Waals surface area contributed by atoms with Crippen molar-refractivity contribution in [1.29, 1.82) is 0 Å². The molecule has 0 atom stereocenters. The van der Waals surface area contributed by atoms with Crippen LogP contribution in [0.3, 0.4) is 0 Å². The molecule has 0 aliphatic rings. The van der Waals surface area contributed by atoms with Crippen LogP contribution in [0.2, 0.25) is 0 Å². The molecule has 0 aromatic heterocycles. The molecule has 0 heterocycles. The first-order valence-electron chi connectivity index (χ1n) is 5.08. The molecule has 2 nitrogen and oxygen atoms in total. The van der Waals surface area contributed by atoms with Crippen LogP contribution in [-0.4, -0.2) is 13.1 Å². The number of anilines is 1. The average Bonchev–Trinajstić information content (AvgIpc) is 2.16. The Balaban J connectivity index is 3.10. The van der Waals surface area contributed by atoms with Gasteiger partial charge >= 0.3 is 0 Å². The van der Waals surface area contributed by atoms with Crippen molar-refractivity contribution < 1.29 is 0 Å². The van der Waals surface area contributed by atoms with Gasteiger partial charge in [0.25, 0.3) is 0 Å². The lowest BCUT2D eigenvalue weighted by Gasteiger charge is -2.26. The van der Waals surface area contributed by atoms with Crippen LogP contribution in [0.25, 0.3) is 0 Å². The van der Waals surface area contributed by atoms with Crippen molar-refractivity contribution in [3.63, 3.8) is 0 Å². The molecule has 0 unspecified atom stereocenters. The van der Waals surface area contributed by atoms with E-state index in [0.29, 0.717) is 12.6 Å². The van der Waals surface area contributed by atoms with Crippen molar-refractivity contribution in [2.75, 3.05) is 11.9 Å². The Labute approximate surface area is 86.7 Å². The van der Waals surface area contributed by atoms with Crippen molar-refractivity contribution in [2.24, 2.45) is 5.73 Å². The number of hydrogen-bond donors (Lipinski definition) is 1. The predicted octanol–water partition coefficient (Wildman–Crippen LogP) is 2.30. The minimum Gasteiger partial charge on any atom is -0.372 e. The van der Waals surface area contributed by atoms with Crippen LogP contribution in [0.5, 0.6) is 0 Å². The van der Waals surface area contributed by atoms with Gasteiger partial charge in [0.05, 0.1) is 0 Å². The molecular weight excluding hydrogens is 172 g/mol. The molecule has 0 amide bonds. The van der Waals surface area contributed by atoms with E-state index in [0.717, 1.165) is 0 Å². The van der Waals surface area contributed by atoms with Gasteiger partial charge in [0.15, 0.2) is 0 Å². The third kappa shape index (κ3) is 2.26. The molecule has 2 heteroatoms. The van der Waals surface area contributed by atoms with E-state index in [4.69, 9.17) is 5.73 Å². The molecule has 0 bridgehead atoms. The quantitative estimate of drug-likeness (QED) is 0.796. The smallest absolute Gasteiger partial charge is 0.0414 e.